The van der Waals surface area contributed by atoms with Crippen molar-refractivity contribution in [1.29, 1.82) is 0 Å². The smallest absolute Gasteiger partial charge is 0.255 e. The van der Waals surface area contributed by atoms with Gasteiger partial charge in [-0.1, -0.05) is 11.6 Å². The Morgan fingerprint density at radius 3 is 2.69 bits per heavy atom. The van der Waals surface area contributed by atoms with Gasteiger partial charge in [0.05, 0.1) is 18.4 Å². The summed E-state index contributed by atoms with van der Waals surface area (Å²) in [5.41, 5.74) is 1.60. The Hall–Kier alpha value is -2.47. The van der Waals surface area contributed by atoms with Gasteiger partial charge in [-0.05, 0) is 49.6 Å². The van der Waals surface area contributed by atoms with E-state index in [2.05, 4.69) is 15.5 Å². The van der Waals surface area contributed by atoms with Crippen molar-refractivity contribution in [2.45, 2.75) is 13.3 Å². The van der Waals surface area contributed by atoms with E-state index in [1.165, 1.54) is 6.26 Å². The van der Waals surface area contributed by atoms with Crippen LogP contribution in [0.2, 0.25) is 5.02 Å². The Labute approximate surface area is 157 Å². The van der Waals surface area contributed by atoms with Gasteiger partial charge in [0.2, 0.25) is 5.91 Å². The minimum atomic E-state index is -0.304. The molecule has 2 heterocycles. The van der Waals surface area contributed by atoms with E-state index >= 15 is 0 Å². The second-order valence-electron chi connectivity index (χ2n) is 6.45. The minimum absolute atomic E-state index is 0.0446. The molecule has 0 saturated carbocycles. The van der Waals surface area contributed by atoms with Crippen LogP contribution >= 0.6 is 11.6 Å². The fraction of sp³-hybridized carbons (Fsp3) is 0.368. The van der Waals surface area contributed by atoms with Crippen LogP contribution in [0.15, 0.2) is 41.0 Å². The molecular formula is C19H22ClN3O3. The maximum absolute atomic E-state index is 12.0. The summed E-state index contributed by atoms with van der Waals surface area (Å²) in [6.07, 6.45) is 2.47. The maximum Gasteiger partial charge on any atom is 0.255 e. The summed E-state index contributed by atoms with van der Waals surface area (Å²) in [6.45, 7) is 4.11. The SMILES string of the molecule is Cc1occc1C(=O)NCC(=O)NC[C@H]1CCN(c2ccc(Cl)cc2)C1. The van der Waals surface area contributed by atoms with Crippen LogP contribution in [-0.4, -0.2) is 38.0 Å². The minimum Gasteiger partial charge on any atom is -0.469 e. The first-order chi connectivity index (χ1) is 12.5. The molecule has 2 N–H and O–H groups in total. The number of rotatable bonds is 6. The Kier molecular flexibility index (Phi) is 5.83. The fourth-order valence-corrected chi connectivity index (χ4v) is 3.21. The Morgan fingerprint density at radius 1 is 1.23 bits per heavy atom. The number of halogens is 1. The quantitative estimate of drug-likeness (QED) is 0.813. The first kappa shape index (κ1) is 18.3. The van der Waals surface area contributed by atoms with Crippen molar-refractivity contribution in [2.75, 3.05) is 31.1 Å². The summed E-state index contributed by atoms with van der Waals surface area (Å²) < 4.78 is 5.09. The molecule has 1 aliphatic rings. The Balaban J connectivity index is 1.39. The number of furan rings is 1. The zero-order valence-corrected chi connectivity index (χ0v) is 15.4. The van der Waals surface area contributed by atoms with E-state index in [1.54, 1.807) is 13.0 Å². The molecule has 2 aromatic rings. The molecule has 7 heteroatoms. The highest BCUT2D eigenvalue weighted by atomic mass is 35.5. The molecule has 2 amide bonds. The largest absolute Gasteiger partial charge is 0.469 e. The molecule has 138 valence electrons. The third-order valence-electron chi connectivity index (χ3n) is 4.58. The monoisotopic (exact) mass is 375 g/mol. The van der Waals surface area contributed by atoms with Crippen molar-refractivity contribution in [3.63, 3.8) is 0 Å². The lowest BCUT2D eigenvalue weighted by Gasteiger charge is -2.19. The number of nitrogens with one attached hydrogen (secondary N) is 2. The number of hydrogen-bond acceptors (Lipinski definition) is 4. The van der Waals surface area contributed by atoms with Gasteiger partial charge in [-0.15, -0.1) is 0 Å². The van der Waals surface area contributed by atoms with Crippen LogP contribution < -0.4 is 15.5 Å². The van der Waals surface area contributed by atoms with Crippen LogP contribution in [0, 0.1) is 12.8 Å². The molecule has 1 aromatic heterocycles. The van der Waals surface area contributed by atoms with Gasteiger partial charge in [0.15, 0.2) is 0 Å². The highest BCUT2D eigenvalue weighted by Crippen LogP contribution is 2.24. The van der Waals surface area contributed by atoms with Gasteiger partial charge in [-0.25, -0.2) is 0 Å². The van der Waals surface area contributed by atoms with Gasteiger partial charge in [0.1, 0.15) is 5.76 Å². The van der Waals surface area contributed by atoms with Gasteiger partial charge in [0.25, 0.3) is 5.91 Å². The predicted molar refractivity (Wildman–Crippen MR) is 101 cm³/mol. The second-order valence-corrected chi connectivity index (χ2v) is 6.89. The zero-order chi connectivity index (χ0) is 18.5. The average Bonchev–Trinajstić information content (AvgIpc) is 3.27. The average molecular weight is 376 g/mol. The van der Waals surface area contributed by atoms with Crippen LogP contribution in [0.3, 0.4) is 0 Å². The van der Waals surface area contributed by atoms with E-state index < -0.39 is 0 Å². The van der Waals surface area contributed by atoms with E-state index in [-0.39, 0.29) is 18.4 Å². The van der Waals surface area contributed by atoms with Gasteiger partial charge >= 0.3 is 0 Å². The van der Waals surface area contributed by atoms with Crippen LogP contribution in [0.5, 0.6) is 0 Å². The summed E-state index contributed by atoms with van der Waals surface area (Å²) in [6, 6.07) is 9.38. The van der Waals surface area contributed by atoms with Crippen molar-refractivity contribution in [1.82, 2.24) is 10.6 Å². The number of anilines is 1. The molecule has 0 bridgehead atoms. The van der Waals surface area contributed by atoms with E-state index in [4.69, 9.17) is 16.0 Å². The first-order valence-electron chi connectivity index (χ1n) is 8.62. The molecule has 3 rings (SSSR count). The lowest BCUT2D eigenvalue weighted by molar-refractivity contribution is -0.120. The van der Waals surface area contributed by atoms with E-state index in [1.807, 2.05) is 24.3 Å². The summed E-state index contributed by atoms with van der Waals surface area (Å²) in [5.74, 6) is 0.434. The Morgan fingerprint density at radius 2 is 2.00 bits per heavy atom. The van der Waals surface area contributed by atoms with E-state index in [9.17, 15) is 9.59 Å². The molecule has 0 unspecified atom stereocenters. The Bertz CT molecular complexity index is 773. The molecule has 6 nitrogen and oxygen atoms in total. The summed E-state index contributed by atoms with van der Waals surface area (Å²) in [5, 5.41) is 6.23. The maximum atomic E-state index is 12.0. The van der Waals surface area contributed by atoms with E-state index in [0.29, 0.717) is 23.8 Å². The highest BCUT2D eigenvalue weighted by molar-refractivity contribution is 6.30. The third kappa shape index (κ3) is 4.58. The van der Waals surface area contributed by atoms with Crippen LogP contribution in [0.1, 0.15) is 22.5 Å². The topological polar surface area (TPSA) is 74.6 Å². The van der Waals surface area contributed by atoms with E-state index in [0.717, 1.165) is 30.2 Å². The van der Waals surface area contributed by atoms with Crippen LogP contribution in [-0.2, 0) is 4.79 Å². The van der Waals surface area contributed by atoms with Crippen molar-refractivity contribution in [3.05, 3.63) is 52.9 Å². The molecule has 1 saturated heterocycles. The number of hydrogen-bond donors (Lipinski definition) is 2. The number of amides is 2. The molecule has 0 radical (unpaired) electrons. The normalized spacial score (nSPS) is 16.5. The summed E-state index contributed by atoms with van der Waals surface area (Å²) in [7, 11) is 0. The number of carbonyl (C=O) groups excluding carboxylic acids is 2. The van der Waals surface area contributed by atoms with Crippen molar-refractivity contribution >= 4 is 29.1 Å². The predicted octanol–water partition coefficient (Wildman–Crippen LogP) is 2.61. The van der Waals surface area contributed by atoms with Crippen molar-refractivity contribution < 1.29 is 14.0 Å². The molecule has 0 aliphatic carbocycles. The lowest BCUT2D eigenvalue weighted by atomic mass is 10.1. The molecule has 0 spiro atoms. The molecule has 26 heavy (non-hydrogen) atoms. The number of aryl methyl sites for hydroxylation is 1. The molecule has 1 atom stereocenters. The molecule has 1 aliphatic heterocycles. The van der Waals surface area contributed by atoms with Crippen LogP contribution in [0.25, 0.3) is 0 Å². The number of nitrogens with zero attached hydrogens (tertiary/aromatic N) is 1. The highest BCUT2D eigenvalue weighted by Gasteiger charge is 2.23. The number of benzene rings is 1. The molecule has 1 aromatic carbocycles. The molecular weight excluding hydrogens is 354 g/mol. The lowest BCUT2D eigenvalue weighted by Crippen LogP contribution is -2.39. The van der Waals surface area contributed by atoms with Crippen molar-refractivity contribution in [2.24, 2.45) is 5.92 Å². The third-order valence-corrected chi connectivity index (χ3v) is 4.83. The summed E-state index contributed by atoms with van der Waals surface area (Å²) in [4.78, 5) is 26.2. The van der Waals surface area contributed by atoms with Gasteiger partial charge in [-0.3, -0.25) is 9.59 Å². The zero-order valence-electron chi connectivity index (χ0n) is 14.6. The van der Waals surface area contributed by atoms with Crippen molar-refractivity contribution in [3.8, 4) is 0 Å². The van der Waals surface area contributed by atoms with Gasteiger partial charge in [0, 0.05) is 30.3 Å². The van der Waals surface area contributed by atoms with Gasteiger partial charge in [-0.2, -0.15) is 0 Å². The number of carbonyl (C=O) groups is 2. The molecule has 1 fully saturated rings. The standard InChI is InChI=1S/C19H22ClN3O3/c1-13-17(7-9-26-13)19(25)22-11-18(24)21-10-14-6-8-23(12-14)16-4-2-15(20)3-5-16/h2-5,7,9,14H,6,8,10-12H2,1H3,(H,21,24)(H,22,25)/t14-/m1/s1. The van der Waals surface area contributed by atoms with Crippen LogP contribution in [0.4, 0.5) is 5.69 Å². The second kappa shape index (κ2) is 8.27. The summed E-state index contributed by atoms with van der Waals surface area (Å²) >= 11 is 5.92. The fourth-order valence-electron chi connectivity index (χ4n) is 3.08. The first-order valence-corrected chi connectivity index (χ1v) is 9.00. The van der Waals surface area contributed by atoms with Gasteiger partial charge < -0.3 is 20.0 Å².